The van der Waals surface area contributed by atoms with Crippen molar-refractivity contribution in [3.05, 3.63) is 65.9 Å². The largest absolute Gasteiger partial charge is 0.457 e. The first kappa shape index (κ1) is 17.4. The van der Waals surface area contributed by atoms with E-state index in [0.717, 1.165) is 48.6 Å². The van der Waals surface area contributed by atoms with Crippen LogP contribution in [0.4, 0.5) is 11.4 Å². The number of nitrogens with one attached hydrogen (secondary N) is 1. The van der Waals surface area contributed by atoms with Crippen LogP contribution in [0.2, 0.25) is 0 Å². The summed E-state index contributed by atoms with van der Waals surface area (Å²) in [6.07, 6.45) is 3.17. The number of carbonyl (C=O) groups excluding carboxylic acids is 1. The molecule has 1 aliphatic rings. The highest BCUT2D eigenvalue weighted by molar-refractivity contribution is 6.02. The third kappa shape index (κ3) is 4.20. The normalized spacial score (nSPS) is 14.8. The van der Waals surface area contributed by atoms with Crippen LogP contribution in [0, 0.1) is 6.92 Å². The van der Waals surface area contributed by atoms with Gasteiger partial charge in [0.1, 0.15) is 11.3 Å². The fourth-order valence-electron chi connectivity index (χ4n) is 3.18. The van der Waals surface area contributed by atoms with Crippen molar-refractivity contribution in [2.75, 3.05) is 36.5 Å². The Morgan fingerprint density at radius 3 is 2.63 bits per heavy atom. The lowest BCUT2D eigenvalue weighted by atomic mass is 10.2. The minimum absolute atomic E-state index is 0.189. The van der Waals surface area contributed by atoms with Crippen molar-refractivity contribution in [3.8, 4) is 0 Å². The quantitative estimate of drug-likeness (QED) is 0.706. The Hall–Kier alpha value is -3.05. The number of nitrogens with zero attached hydrogens (tertiary/aromatic N) is 1. The summed E-state index contributed by atoms with van der Waals surface area (Å²) in [6.45, 7) is 5.34. The Labute approximate surface area is 158 Å². The molecule has 2 aromatic carbocycles. The minimum atomic E-state index is -0.189. The van der Waals surface area contributed by atoms with Crippen LogP contribution in [0.3, 0.4) is 0 Å². The van der Waals surface area contributed by atoms with Crippen LogP contribution in [0.15, 0.2) is 59.0 Å². The number of morpholine rings is 1. The van der Waals surface area contributed by atoms with Gasteiger partial charge in [0.05, 0.1) is 13.2 Å². The third-order valence-corrected chi connectivity index (χ3v) is 4.60. The summed E-state index contributed by atoms with van der Waals surface area (Å²) in [5, 5.41) is 3.91. The summed E-state index contributed by atoms with van der Waals surface area (Å²) in [6, 6.07) is 15.8. The Morgan fingerprint density at radius 1 is 1.07 bits per heavy atom. The number of fused-ring (bicyclic) bond motifs is 1. The fraction of sp³-hybridized carbons (Fsp3) is 0.227. The number of aryl methyl sites for hydroxylation is 1. The zero-order chi connectivity index (χ0) is 18.6. The lowest BCUT2D eigenvalue weighted by Crippen LogP contribution is -2.36. The number of amides is 1. The summed E-state index contributed by atoms with van der Waals surface area (Å²) in [5.74, 6) is 0.471. The number of rotatable bonds is 4. The van der Waals surface area contributed by atoms with Crippen molar-refractivity contribution in [1.29, 1.82) is 0 Å². The van der Waals surface area contributed by atoms with E-state index in [0.29, 0.717) is 5.76 Å². The number of anilines is 2. The van der Waals surface area contributed by atoms with E-state index < -0.39 is 0 Å². The second-order valence-corrected chi connectivity index (χ2v) is 6.66. The third-order valence-electron chi connectivity index (χ3n) is 4.60. The van der Waals surface area contributed by atoms with E-state index >= 15 is 0 Å². The molecule has 1 aromatic heterocycles. The van der Waals surface area contributed by atoms with Crippen molar-refractivity contribution < 1.29 is 13.9 Å². The topological polar surface area (TPSA) is 54.7 Å². The predicted molar refractivity (Wildman–Crippen MR) is 108 cm³/mol. The van der Waals surface area contributed by atoms with Gasteiger partial charge in [-0.3, -0.25) is 4.79 Å². The van der Waals surface area contributed by atoms with Crippen molar-refractivity contribution in [2.45, 2.75) is 6.92 Å². The summed E-state index contributed by atoms with van der Waals surface area (Å²) >= 11 is 0. The zero-order valence-electron chi connectivity index (χ0n) is 15.3. The molecule has 5 heteroatoms. The molecule has 1 amide bonds. The summed E-state index contributed by atoms with van der Waals surface area (Å²) in [5.41, 5.74) is 3.91. The van der Waals surface area contributed by atoms with Gasteiger partial charge in [-0.25, -0.2) is 0 Å². The lowest BCUT2D eigenvalue weighted by Gasteiger charge is -2.28. The molecule has 0 atom stereocenters. The van der Waals surface area contributed by atoms with E-state index in [1.807, 2.05) is 49.4 Å². The first-order valence-corrected chi connectivity index (χ1v) is 9.09. The van der Waals surface area contributed by atoms with Gasteiger partial charge in [-0.15, -0.1) is 0 Å². The number of ether oxygens (including phenoxy) is 1. The number of carbonyl (C=O) groups is 1. The van der Waals surface area contributed by atoms with Gasteiger partial charge in [0.25, 0.3) is 0 Å². The maximum absolute atomic E-state index is 12.2. The Balaban J connectivity index is 1.38. The van der Waals surface area contributed by atoms with Crippen molar-refractivity contribution >= 4 is 34.3 Å². The number of furan rings is 1. The maximum Gasteiger partial charge on any atom is 0.248 e. The second-order valence-electron chi connectivity index (χ2n) is 6.66. The fourth-order valence-corrected chi connectivity index (χ4v) is 3.18. The molecule has 0 bridgehead atoms. The summed E-state index contributed by atoms with van der Waals surface area (Å²) in [4.78, 5) is 14.5. The Kier molecular flexibility index (Phi) is 4.94. The van der Waals surface area contributed by atoms with Gasteiger partial charge >= 0.3 is 0 Å². The molecule has 5 nitrogen and oxygen atoms in total. The van der Waals surface area contributed by atoms with Gasteiger partial charge in [0.15, 0.2) is 0 Å². The van der Waals surface area contributed by atoms with Crippen molar-refractivity contribution in [2.24, 2.45) is 0 Å². The molecule has 2 heterocycles. The van der Waals surface area contributed by atoms with E-state index in [1.54, 1.807) is 6.08 Å². The lowest BCUT2D eigenvalue weighted by molar-refractivity contribution is -0.111. The van der Waals surface area contributed by atoms with E-state index in [9.17, 15) is 4.79 Å². The highest BCUT2D eigenvalue weighted by Gasteiger charge is 2.11. The zero-order valence-corrected chi connectivity index (χ0v) is 15.3. The molecule has 0 spiro atoms. The van der Waals surface area contributed by atoms with E-state index in [1.165, 1.54) is 11.6 Å². The summed E-state index contributed by atoms with van der Waals surface area (Å²) in [7, 11) is 0. The van der Waals surface area contributed by atoms with E-state index in [-0.39, 0.29) is 5.91 Å². The van der Waals surface area contributed by atoms with Gasteiger partial charge in [-0.1, -0.05) is 11.6 Å². The van der Waals surface area contributed by atoms with Crippen molar-refractivity contribution in [1.82, 2.24) is 0 Å². The smallest absolute Gasteiger partial charge is 0.248 e. The molecule has 3 aromatic rings. The van der Waals surface area contributed by atoms with Gasteiger partial charge < -0.3 is 19.4 Å². The molecule has 1 fully saturated rings. The Bertz CT molecular complexity index is 967. The number of benzene rings is 2. The highest BCUT2D eigenvalue weighted by atomic mass is 16.5. The standard InChI is InChI=1S/C22H22N2O3/c1-16-2-8-21-17(14-16)15-20(27-21)7-9-22(25)23-18-3-5-19(6-4-18)24-10-12-26-13-11-24/h2-9,14-15H,10-13H2,1H3,(H,23,25)/b9-7+. The SMILES string of the molecule is Cc1ccc2oc(/C=C/C(=O)Nc3ccc(N4CCOCC4)cc3)cc2c1. The molecule has 0 saturated carbocycles. The highest BCUT2D eigenvalue weighted by Crippen LogP contribution is 2.22. The van der Waals surface area contributed by atoms with Crippen molar-refractivity contribution in [3.63, 3.8) is 0 Å². The van der Waals surface area contributed by atoms with Crippen LogP contribution in [0.25, 0.3) is 17.0 Å². The van der Waals surface area contributed by atoms with Crippen LogP contribution >= 0.6 is 0 Å². The number of hydrogen-bond acceptors (Lipinski definition) is 4. The predicted octanol–water partition coefficient (Wildman–Crippen LogP) is 4.23. The van der Waals surface area contributed by atoms with Crippen LogP contribution in [0.5, 0.6) is 0 Å². The average Bonchev–Trinajstić information content (AvgIpc) is 3.10. The van der Waals surface area contributed by atoms with Crippen LogP contribution < -0.4 is 10.2 Å². The molecular weight excluding hydrogens is 340 g/mol. The molecule has 138 valence electrons. The first-order chi connectivity index (χ1) is 13.2. The van der Waals surface area contributed by atoms with Gasteiger partial charge in [-0.05, 0) is 55.5 Å². The molecule has 1 saturated heterocycles. The number of hydrogen-bond donors (Lipinski definition) is 1. The first-order valence-electron chi connectivity index (χ1n) is 9.09. The van der Waals surface area contributed by atoms with Gasteiger partial charge in [0.2, 0.25) is 5.91 Å². The van der Waals surface area contributed by atoms with Crippen LogP contribution in [-0.4, -0.2) is 32.2 Å². The second kappa shape index (κ2) is 7.68. The molecule has 27 heavy (non-hydrogen) atoms. The summed E-state index contributed by atoms with van der Waals surface area (Å²) < 4.78 is 11.1. The van der Waals surface area contributed by atoms with E-state index in [4.69, 9.17) is 9.15 Å². The molecule has 0 aliphatic carbocycles. The van der Waals surface area contributed by atoms with Gasteiger partial charge in [0, 0.05) is 35.9 Å². The van der Waals surface area contributed by atoms with Gasteiger partial charge in [-0.2, -0.15) is 0 Å². The van der Waals surface area contributed by atoms with Crippen LogP contribution in [0.1, 0.15) is 11.3 Å². The minimum Gasteiger partial charge on any atom is -0.457 e. The Morgan fingerprint density at radius 2 is 1.85 bits per heavy atom. The average molecular weight is 362 g/mol. The monoisotopic (exact) mass is 362 g/mol. The molecular formula is C22H22N2O3. The molecule has 0 radical (unpaired) electrons. The van der Waals surface area contributed by atoms with Crippen LogP contribution in [-0.2, 0) is 9.53 Å². The maximum atomic E-state index is 12.2. The van der Waals surface area contributed by atoms with E-state index in [2.05, 4.69) is 16.3 Å². The molecule has 1 N–H and O–H groups in total. The molecule has 0 unspecified atom stereocenters. The molecule has 1 aliphatic heterocycles. The molecule has 4 rings (SSSR count).